The number of carbonyl (C=O) groups is 1. The normalized spacial score (nSPS) is 10.6. The topological polar surface area (TPSA) is 64.1 Å². The van der Waals surface area contributed by atoms with Gasteiger partial charge >= 0.3 is 5.97 Å². The molecule has 3 aromatic rings. The molecule has 7 heteroatoms. The first-order chi connectivity index (χ1) is 13.4. The van der Waals surface area contributed by atoms with Crippen LogP contribution in [0.1, 0.15) is 27.0 Å². The highest BCUT2D eigenvalue weighted by atomic mass is 35.5. The number of nitrogens with one attached hydrogen (secondary N) is 1. The number of aryl methyl sites for hydroxylation is 2. The highest BCUT2D eigenvalue weighted by Gasteiger charge is 2.15. The predicted molar refractivity (Wildman–Crippen MR) is 114 cm³/mol. The second-order valence-corrected chi connectivity index (χ2v) is 7.54. The molecule has 0 amide bonds. The lowest BCUT2D eigenvalue weighted by molar-refractivity contribution is 0.0600. The van der Waals surface area contributed by atoms with Gasteiger partial charge < -0.3 is 4.74 Å². The number of halogens is 1. The maximum absolute atomic E-state index is 11.7. The van der Waals surface area contributed by atoms with Crippen molar-refractivity contribution in [2.45, 2.75) is 25.7 Å². The molecule has 0 saturated heterocycles. The lowest BCUT2D eigenvalue weighted by Crippen LogP contribution is -2.03. The average Bonchev–Trinajstić information content (AvgIpc) is 2.69. The molecule has 0 aliphatic heterocycles. The number of carbonyl (C=O) groups excluding carboxylic acids is 1. The number of hydrogen-bond acceptors (Lipinski definition) is 6. The van der Waals surface area contributed by atoms with Gasteiger partial charge in [0.1, 0.15) is 5.15 Å². The lowest BCUT2D eigenvalue weighted by atomic mass is 9.98. The molecule has 0 aliphatic rings. The Hall–Kier alpha value is -2.57. The van der Waals surface area contributed by atoms with Crippen LogP contribution in [0.5, 0.6) is 0 Å². The molecule has 0 radical (unpaired) electrons. The molecule has 3 rings (SSSR count). The average molecular weight is 414 g/mol. The molecule has 0 spiro atoms. The van der Waals surface area contributed by atoms with Crippen LogP contribution in [0, 0.1) is 20.8 Å². The molecule has 1 N–H and O–H groups in total. The number of hydrogen-bond donors (Lipinski definition) is 1. The minimum absolute atomic E-state index is 0.380. The van der Waals surface area contributed by atoms with Gasteiger partial charge in [-0.05, 0) is 62.0 Å². The van der Waals surface area contributed by atoms with E-state index in [4.69, 9.17) is 21.3 Å². The summed E-state index contributed by atoms with van der Waals surface area (Å²) in [5.74, 6) is 0.0242. The highest BCUT2D eigenvalue weighted by molar-refractivity contribution is 8.00. The van der Waals surface area contributed by atoms with Crippen LogP contribution in [-0.2, 0) is 4.74 Å². The van der Waals surface area contributed by atoms with Crippen molar-refractivity contribution in [3.8, 4) is 11.3 Å². The van der Waals surface area contributed by atoms with E-state index >= 15 is 0 Å². The molecule has 0 unspecified atom stereocenters. The van der Waals surface area contributed by atoms with Gasteiger partial charge in [-0.1, -0.05) is 35.9 Å². The molecular weight excluding hydrogens is 394 g/mol. The van der Waals surface area contributed by atoms with Crippen molar-refractivity contribution in [2.75, 3.05) is 11.8 Å². The van der Waals surface area contributed by atoms with Crippen molar-refractivity contribution in [3.05, 3.63) is 69.9 Å². The number of esters is 1. The molecule has 28 heavy (non-hydrogen) atoms. The molecule has 2 aromatic carbocycles. The Morgan fingerprint density at radius 2 is 1.75 bits per heavy atom. The summed E-state index contributed by atoms with van der Waals surface area (Å²) in [4.78, 5) is 21.6. The van der Waals surface area contributed by atoms with Gasteiger partial charge in [-0.3, -0.25) is 4.72 Å². The summed E-state index contributed by atoms with van der Waals surface area (Å²) in [5.41, 5.74) is 5.44. The molecule has 1 aromatic heterocycles. The number of aromatic nitrogens is 2. The van der Waals surface area contributed by atoms with Gasteiger partial charge in [0.25, 0.3) is 0 Å². The number of methoxy groups -OCH3 is 1. The van der Waals surface area contributed by atoms with Gasteiger partial charge in [0.2, 0.25) is 5.95 Å². The zero-order chi connectivity index (χ0) is 20.3. The zero-order valence-corrected chi connectivity index (χ0v) is 17.6. The van der Waals surface area contributed by atoms with Gasteiger partial charge in [0.15, 0.2) is 0 Å². The van der Waals surface area contributed by atoms with E-state index in [9.17, 15) is 4.79 Å². The molecular formula is C21H20ClN3O2S. The van der Waals surface area contributed by atoms with E-state index in [2.05, 4.69) is 35.7 Å². The lowest BCUT2D eigenvalue weighted by Gasteiger charge is -2.14. The highest BCUT2D eigenvalue weighted by Crippen LogP contribution is 2.32. The maximum atomic E-state index is 11.7. The summed E-state index contributed by atoms with van der Waals surface area (Å²) in [6.07, 6.45) is 0. The zero-order valence-electron chi connectivity index (χ0n) is 16.0. The third-order valence-electron chi connectivity index (χ3n) is 4.32. The van der Waals surface area contributed by atoms with E-state index in [1.807, 2.05) is 19.1 Å². The van der Waals surface area contributed by atoms with E-state index in [1.165, 1.54) is 19.1 Å². The van der Waals surface area contributed by atoms with E-state index in [0.29, 0.717) is 16.7 Å². The summed E-state index contributed by atoms with van der Waals surface area (Å²) in [5, 5.41) is 0.402. The third-order valence-corrected chi connectivity index (χ3v) is 5.46. The van der Waals surface area contributed by atoms with E-state index in [-0.39, 0.29) is 5.97 Å². The first-order valence-electron chi connectivity index (χ1n) is 8.62. The summed E-state index contributed by atoms with van der Waals surface area (Å²) in [6.45, 7) is 6.02. The van der Waals surface area contributed by atoms with Crippen LogP contribution >= 0.6 is 23.5 Å². The summed E-state index contributed by atoms with van der Waals surface area (Å²) in [7, 11) is 1.36. The van der Waals surface area contributed by atoms with Crippen molar-refractivity contribution in [3.63, 3.8) is 0 Å². The molecule has 0 fully saturated rings. The maximum Gasteiger partial charge on any atom is 0.337 e. The minimum atomic E-state index is -0.380. The van der Waals surface area contributed by atoms with Crippen molar-refractivity contribution in [2.24, 2.45) is 0 Å². The first kappa shape index (κ1) is 20.2. The summed E-state index contributed by atoms with van der Waals surface area (Å²) >= 11 is 7.68. The Kier molecular flexibility index (Phi) is 6.21. The van der Waals surface area contributed by atoms with Gasteiger partial charge in [-0.25, -0.2) is 14.8 Å². The van der Waals surface area contributed by atoms with Crippen LogP contribution in [0.15, 0.2) is 47.4 Å². The van der Waals surface area contributed by atoms with Gasteiger partial charge in [0, 0.05) is 16.0 Å². The van der Waals surface area contributed by atoms with Crippen LogP contribution in [0.4, 0.5) is 5.95 Å². The predicted octanol–water partition coefficient (Wildman–Crippen LogP) is 5.63. The molecule has 0 bridgehead atoms. The van der Waals surface area contributed by atoms with E-state index in [1.54, 1.807) is 18.2 Å². The SMILES string of the molecule is COC(=O)c1cccc(SNc2nc(Cl)c(C)c(-c3c(C)cccc3C)n2)c1. The van der Waals surface area contributed by atoms with Gasteiger partial charge in [-0.2, -0.15) is 0 Å². The quantitative estimate of drug-likeness (QED) is 0.332. The fraction of sp³-hybridized carbons (Fsp3) is 0.190. The molecule has 5 nitrogen and oxygen atoms in total. The number of benzene rings is 2. The van der Waals surface area contributed by atoms with Crippen molar-refractivity contribution in [1.29, 1.82) is 0 Å². The minimum Gasteiger partial charge on any atom is -0.465 e. The van der Waals surface area contributed by atoms with Gasteiger partial charge in [-0.15, -0.1) is 0 Å². The first-order valence-corrected chi connectivity index (χ1v) is 9.82. The van der Waals surface area contributed by atoms with Crippen LogP contribution in [0.3, 0.4) is 0 Å². The van der Waals surface area contributed by atoms with Crippen LogP contribution in [-0.4, -0.2) is 23.0 Å². The molecule has 0 saturated carbocycles. The fourth-order valence-electron chi connectivity index (χ4n) is 2.88. The Labute approximate surface area is 173 Å². The van der Waals surface area contributed by atoms with Crippen molar-refractivity contribution < 1.29 is 9.53 Å². The van der Waals surface area contributed by atoms with Crippen molar-refractivity contribution >= 4 is 35.5 Å². The molecule has 1 heterocycles. The van der Waals surface area contributed by atoms with Crippen LogP contribution in [0.25, 0.3) is 11.3 Å². The Bertz CT molecular complexity index is 1020. The molecule has 0 aliphatic carbocycles. The number of nitrogens with zero attached hydrogens (tertiary/aromatic N) is 2. The summed E-state index contributed by atoms with van der Waals surface area (Å²) in [6, 6.07) is 13.2. The Morgan fingerprint density at radius 3 is 2.43 bits per heavy atom. The monoisotopic (exact) mass is 413 g/mol. The second kappa shape index (κ2) is 8.63. The number of rotatable bonds is 5. The van der Waals surface area contributed by atoms with Crippen LogP contribution in [0.2, 0.25) is 5.15 Å². The summed E-state index contributed by atoms with van der Waals surface area (Å²) < 4.78 is 7.88. The Balaban J connectivity index is 1.90. The van der Waals surface area contributed by atoms with E-state index in [0.717, 1.165) is 32.8 Å². The second-order valence-electron chi connectivity index (χ2n) is 6.30. The van der Waals surface area contributed by atoms with E-state index < -0.39 is 0 Å². The molecule has 0 atom stereocenters. The molecule has 144 valence electrons. The smallest absolute Gasteiger partial charge is 0.337 e. The van der Waals surface area contributed by atoms with Crippen molar-refractivity contribution in [1.82, 2.24) is 9.97 Å². The number of anilines is 1. The van der Waals surface area contributed by atoms with Gasteiger partial charge in [0.05, 0.1) is 18.4 Å². The largest absolute Gasteiger partial charge is 0.465 e. The Morgan fingerprint density at radius 1 is 1.07 bits per heavy atom. The van der Waals surface area contributed by atoms with Crippen LogP contribution < -0.4 is 4.72 Å². The third kappa shape index (κ3) is 4.29. The number of ether oxygens (including phenoxy) is 1. The standard InChI is InChI=1S/C21H20ClN3O2S/c1-12-7-5-8-13(2)17(12)18-14(3)19(22)24-21(23-18)25-28-16-10-6-9-15(11-16)20(26)27-4/h5-11H,1-4H3,(H,23,24,25). The fourth-order valence-corrected chi connectivity index (χ4v) is 3.68.